The van der Waals surface area contributed by atoms with Gasteiger partial charge in [0.1, 0.15) is 0 Å². The molecule has 4 rings (SSSR count). The monoisotopic (exact) mass is 512 g/mol. The summed E-state index contributed by atoms with van der Waals surface area (Å²) >= 11 is -2.46. The van der Waals surface area contributed by atoms with Crippen molar-refractivity contribution in [2.45, 2.75) is 0 Å². The van der Waals surface area contributed by atoms with Crippen molar-refractivity contribution in [3.8, 4) is 0 Å². The molecule has 158 valence electrons. The summed E-state index contributed by atoms with van der Waals surface area (Å²) in [5, 5.41) is 0. The first-order valence-electron chi connectivity index (χ1n) is 9.06. The maximum atomic E-state index is 8.88. The van der Waals surface area contributed by atoms with Crippen LogP contribution in [0.4, 0.5) is 0 Å². The minimum absolute atomic E-state index is 1.43. The first-order chi connectivity index (χ1) is 14.4. The van der Waals surface area contributed by atoms with Crippen molar-refractivity contribution in [1.29, 1.82) is 0 Å². The van der Waals surface area contributed by atoms with Crippen molar-refractivity contribution in [3.63, 3.8) is 0 Å². The summed E-state index contributed by atoms with van der Waals surface area (Å²) in [5.74, 6) is 0. The zero-order chi connectivity index (χ0) is 21.5. The van der Waals surface area contributed by atoms with Crippen LogP contribution in [0.5, 0.6) is 0 Å². The Balaban J connectivity index is 0.000000461. The second-order valence-electron chi connectivity index (χ2n) is 6.03. The van der Waals surface area contributed by atoms with E-state index in [0.717, 1.165) is 0 Å². The molecule has 0 aromatic heterocycles. The third-order valence-electron chi connectivity index (χ3n) is 3.95. The fourth-order valence-electron chi connectivity index (χ4n) is 2.88. The van der Waals surface area contributed by atoms with Crippen LogP contribution in [-0.2, 0) is 20.1 Å². The SMILES string of the molecule is O=P(O)(O)O.c1cc[c]([Pd]([c]2ccccc2)([c]2ccccc2)[c]2ccccc2)cc1. The normalized spacial score (nSPS) is 11.8. The molecule has 4 nitrogen and oxygen atoms in total. The molecule has 4 aromatic carbocycles. The zero-order valence-corrected chi connectivity index (χ0v) is 18.5. The summed E-state index contributed by atoms with van der Waals surface area (Å²) in [6.07, 6.45) is 0. The Morgan fingerprint density at radius 3 is 0.767 bits per heavy atom. The van der Waals surface area contributed by atoms with Gasteiger partial charge >= 0.3 is 161 Å². The number of rotatable bonds is 4. The van der Waals surface area contributed by atoms with Crippen LogP contribution in [0.25, 0.3) is 0 Å². The van der Waals surface area contributed by atoms with Crippen LogP contribution in [0.1, 0.15) is 0 Å². The molecular formula is C24H23O4PPd. The molecule has 0 radical (unpaired) electrons. The van der Waals surface area contributed by atoms with Crippen molar-refractivity contribution >= 4 is 24.0 Å². The van der Waals surface area contributed by atoms with Gasteiger partial charge < -0.3 is 14.7 Å². The van der Waals surface area contributed by atoms with Crippen molar-refractivity contribution in [2.75, 3.05) is 0 Å². The Kier molecular flexibility index (Phi) is 7.53. The third kappa shape index (κ3) is 5.42. The number of hydrogen-bond donors (Lipinski definition) is 3. The average molecular weight is 513 g/mol. The first kappa shape index (κ1) is 22.3. The summed E-state index contributed by atoms with van der Waals surface area (Å²) in [5.41, 5.74) is 0. The van der Waals surface area contributed by atoms with Crippen LogP contribution in [0.15, 0.2) is 121 Å². The van der Waals surface area contributed by atoms with E-state index in [1.54, 1.807) is 0 Å². The van der Waals surface area contributed by atoms with Gasteiger partial charge in [-0.1, -0.05) is 0 Å². The van der Waals surface area contributed by atoms with Gasteiger partial charge in [-0.25, -0.2) is 4.57 Å². The van der Waals surface area contributed by atoms with Crippen LogP contribution in [0.2, 0.25) is 0 Å². The number of benzene rings is 4. The molecule has 0 aliphatic rings. The molecule has 0 atom stereocenters. The molecule has 0 bridgehead atoms. The minimum atomic E-state index is -4.64. The fraction of sp³-hybridized carbons (Fsp3) is 0. The van der Waals surface area contributed by atoms with Crippen molar-refractivity contribution in [3.05, 3.63) is 121 Å². The van der Waals surface area contributed by atoms with E-state index in [2.05, 4.69) is 121 Å². The predicted molar refractivity (Wildman–Crippen MR) is 119 cm³/mol. The molecule has 0 aliphatic carbocycles. The van der Waals surface area contributed by atoms with Gasteiger partial charge in [0.05, 0.1) is 0 Å². The van der Waals surface area contributed by atoms with Crippen LogP contribution in [0.3, 0.4) is 0 Å². The Bertz CT molecular complexity index is 913. The molecule has 0 spiro atoms. The number of phosphoric acid groups is 1. The van der Waals surface area contributed by atoms with Gasteiger partial charge in [-0.3, -0.25) is 0 Å². The van der Waals surface area contributed by atoms with Crippen molar-refractivity contribution < 1.29 is 34.8 Å². The van der Waals surface area contributed by atoms with E-state index < -0.39 is 23.4 Å². The molecule has 0 saturated heterocycles. The molecule has 0 amide bonds. The molecule has 0 aliphatic heterocycles. The van der Waals surface area contributed by atoms with Gasteiger partial charge in [-0.15, -0.1) is 0 Å². The molecule has 0 unspecified atom stereocenters. The van der Waals surface area contributed by atoms with Gasteiger partial charge in [0.2, 0.25) is 0 Å². The molecule has 0 saturated carbocycles. The molecular weight excluding hydrogens is 490 g/mol. The quantitative estimate of drug-likeness (QED) is 0.290. The summed E-state index contributed by atoms with van der Waals surface area (Å²) in [6, 6.07) is 44.1. The van der Waals surface area contributed by atoms with E-state index in [1.165, 1.54) is 16.1 Å². The Hall–Kier alpha value is -2.35. The first-order valence-corrected chi connectivity index (χ1v) is 13.7. The standard InChI is InChI=1S/4C6H5.H3O4P.Pd/c4*1-2-4-6-5-3-1;1-5(2,3)4;/h4*1-5H;(H3,1,2,3,4);. The summed E-state index contributed by atoms with van der Waals surface area (Å²) in [6.45, 7) is 0. The van der Waals surface area contributed by atoms with Gasteiger partial charge in [0, 0.05) is 0 Å². The Morgan fingerprint density at radius 2 is 0.600 bits per heavy atom. The van der Waals surface area contributed by atoms with Gasteiger partial charge in [0.15, 0.2) is 0 Å². The molecule has 30 heavy (non-hydrogen) atoms. The second kappa shape index (κ2) is 10.1. The van der Waals surface area contributed by atoms with E-state index in [9.17, 15) is 0 Å². The molecule has 0 fully saturated rings. The summed E-state index contributed by atoms with van der Waals surface area (Å²) < 4.78 is 14.6. The van der Waals surface area contributed by atoms with E-state index >= 15 is 0 Å². The van der Waals surface area contributed by atoms with Crippen molar-refractivity contribution in [2.24, 2.45) is 0 Å². The van der Waals surface area contributed by atoms with Crippen LogP contribution >= 0.6 is 7.82 Å². The Labute approximate surface area is 179 Å². The Morgan fingerprint density at radius 1 is 0.433 bits per heavy atom. The van der Waals surface area contributed by atoms with Crippen LogP contribution in [-0.4, -0.2) is 14.7 Å². The van der Waals surface area contributed by atoms with Gasteiger partial charge in [-0.2, -0.15) is 0 Å². The van der Waals surface area contributed by atoms with Crippen LogP contribution < -0.4 is 16.1 Å². The molecule has 4 aromatic rings. The molecule has 3 N–H and O–H groups in total. The van der Waals surface area contributed by atoms with Gasteiger partial charge in [-0.05, 0) is 0 Å². The predicted octanol–water partition coefficient (Wildman–Crippen LogP) is 2.51. The van der Waals surface area contributed by atoms with E-state index in [4.69, 9.17) is 19.2 Å². The van der Waals surface area contributed by atoms with E-state index in [-0.39, 0.29) is 0 Å². The summed E-state index contributed by atoms with van der Waals surface area (Å²) in [4.78, 5) is 21.6. The van der Waals surface area contributed by atoms with Crippen molar-refractivity contribution in [1.82, 2.24) is 0 Å². The number of hydrogen-bond acceptors (Lipinski definition) is 1. The van der Waals surface area contributed by atoms with Crippen LogP contribution in [0, 0.1) is 0 Å². The average Bonchev–Trinajstić information content (AvgIpc) is 2.76. The summed E-state index contributed by atoms with van der Waals surface area (Å²) in [7, 11) is -4.64. The zero-order valence-electron chi connectivity index (χ0n) is 16.1. The fourth-order valence-corrected chi connectivity index (χ4v) is 10.3. The topological polar surface area (TPSA) is 77.8 Å². The second-order valence-corrected chi connectivity index (χ2v) is 13.0. The van der Waals surface area contributed by atoms with Gasteiger partial charge in [0.25, 0.3) is 0 Å². The van der Waals surface area contributed by atoms with E-state index in [1.807, 2.05) is 0 Å². The maximum absolute atomic E-state index is 8.88. The third-order valence-corrected chi connectivity index (χ3v) is 11.4. The molecule has 6 heteroatoms. The van der Waals surface area contributed by atoms with E-state index in [0.29, 0.717) is 0 Å². The molecule has 0 heterocycles.